The molecule has 78 valence electrons. The Labute approximate surface area is 83.2 Å². The minimum atomic E-state index is -4.61. The van der Waals surface area contributed by atoms with Crippen LogP contribution >= 0.6 is 11.6 Å². The zero-order valence-corrected chi connectivity index (χ0v) is 7.97. The molecule has 0 fully saturated rings. The second-order valence-corrected chi connectivity index (χ2v) is 2.76. The Morgan fingerprint density at radius 3 is 2.79 bits per heavy atom. The van der Waals surface area contributed by atoms with Gasteiger partial charge < -0.3 is 0 Å². The van der Waals surface area contributed by atoms with Crippen molar-refractivity contribution in [3.8, 4) is 0 Å². The van der Waals surface area contributed by atoms with Gasteiger partial charge in [0.1, 0.15) is 0 Å². The zero-order chi connectivity index (χ0) is 10.8. The van der Waals surface area contributed by atoms with Crippen molar-refractivity contribution in [1.29, 1.82) is 0 Å². The smallest absolute Gasteiger partial charge is 0.248 e. The molecule has 1 aromatic heterocycles. The molecule has 0 N–H and O–H groups in total. The standard InChI is InChI=1S/C7H7ClF3N3/c1-2-14-5(3-4-12-14)13-6(8)7(9,10)11/h3-4H,2H2,1H3. The van der Waals surface area contributed by atoms with Crippen LogP contribution in [0.4, 0.5) is 19.0 Å². The van der Waals surface area contributed by atoms with Crippen LogP contribution in [0.1, 0.15) is 6.92 Å². The summed E-state index contributed by atoms with van der Waals surface area (Å²) in [6.07, 6.45) is -3.24. The van der Waals surface area contributed by atoms with E-state index in [1.807, 2.05) is 0 Å². The quantitative estimate of drug-likeness (QED) is 0.712. The molecule has 0 bridgehead atoms. The van der Waals surface area contributed by atoms with E-state index in [1.54, 1.807) is 6.92 Å². The molecule has 0 amide bonds. The molecular weight excluding hydrogens is 219 g/mol. The summed E-state index contributed by atoms with van der Waals surface area (Å²) in [5.41, 5.74) is 0. The Morgan fingerprint density at radius 2 is 2.29 bits per heavy atom. The molecule has 0 radical (unpaired) electrons. The van der Waals surface area contributed by atoms with Gasteiger partial charge in [0, 0.05) is 12.6 Å². The van der Waals surface area contributed by atoms with Crippen molar-refractivity contribution in [1.82, 2.24) is 9.78 Å². The van der Waals surface area contributed by atoms with Crippen LogP contribution in [0.5, 0.6) is 0 Å². The third-order valence-corrected chi connectivity index (χ3v) is 1.74. The van der Waals surface area contributed by atoms with Gasteiger partial charge in [-0.15, -0.1) is 0 Å². The van der Waals surface area contributed by atoms with Crippen LogP contribution in [0.3, 0.4) is 0 Å². The number of alkyl halides is 3. The molecule has 0 saturated carbocycles. The van der Waals surface area contributed by atoms with Gasteiger partial charge in [0.15, 0.2) is 5.82 Å². The molecule has 0 aliphatic rings. The third kappa shape index (κ3) is 2.47. The maximum absolute atomic E-state index is 12.0. The Kier molecular flexibility index (Phi) is 3.15. The summed E-state index contributed by atoms with van der Waals surface area (Å²) < 4.78 is 37.3. The van der Waals surface area contributed by atoms with Gasteiger partial charge in [-0.2, -0.15) is 18.3 Å². The van der Waals surface area contributed by atoms with Gasteiger partial charge in [0.2, 0.25) is 5.17 Å². The van der Waals surface area contributed by atoms with E-state index in [9.17, 15) is 13.2 Å². The van der Waals surface area contributed by atoms with E-state index in [-0.39, 0.29) is 5.82 Å². The van der Waals surface area contributed by atoms with Gasteiger partial charge in [0.25, 0.3) is 0 Å². The van der Waals surface area contributed by atoms with Crippen LogP contribution in [0.15, 0.2) is 17.3 Å². The lowest BCUT2D eigenvalue weighted by Crippen LogP contribution is -2.17. The molecular formula is C7H7ClF3N3. The molecule has 0 spiro atoms. The SMILES string of the molecule is CCn1nccc1N=C(Cl)C(F)(F)F. The van der Waals surface area contributed by atoms with Crippen LogP contribution in [0.2, 0.25) is 0 Å². The molecule has 1 rings (SSSR count). The molecule has 14 heavy (non-hydrogen) atoms. The molecule has 0 aliphatic carbocycles. The minimum Gasteiger partial charge on any atom is -0.248 e. The average Bonchev–Trinajstić information content (AvgIpc) is 2.50. The maximum Gasteiger partial charge on any atom is 0.444 e. The molecule has 3 nitrogen and oxygen atoms in total. The van der Waals surface area contributed by atoms with E-state index in [2.05, 4.69) is 10.1 Å². The van der Waals surface area contributed by atoms with Gasteiger partial charge in [-0.1, -0.05) is 11.6 Å². The lowest BCUT2D eigenvalue weighted by molar-refractivity contribution is -0.0558. The number of halogens is 4. The predicted molar refractivity (Wildman–Crippen MR) is 46.9 cm³/mol. The van der Waals surface area contributed by atoms with Gasteiger partial charge in [0.05, 0.1) is 6.20 Å². The number of hydrogen-bond acceptors (Lipinski definition) is 2. The largest absolute Gasteiger partial charge is 0.444 e. The van der Waals surface area contributed by atoms with Crippen molar-refractivity contribution in [2.45, 2.75) is 19.6 Å². The lowest BCUT2D eigenvalue weighted by atomic mass is 10.6. The normalized spacial score (nSPS) is 13.4. The maximum atomic E-state index is 12.0. The fraction of sp³-hybridized carbons (Fsp3) is 0.429. The van der Waals surface area contributed by atoms with Crippen LogP contribution in [-0.4, -0.2) is 21.1 Å². The van der Waals surface area contributed by atoms with Crippen molar-refractivity contribution < 1.29 is 13.2 Å². The molecule has 1 heterocycles. The van der Waals surface area contributed by atoms with Crippen molar-refractivity contribution in [2.75, 3.05) is 0 Å². The van der Waals surface area contributed by atoms with Crippen LogP contribution in [0, 0.1) is 0 Å². The monoisotopic (exact) mass is 225 g/mol. The highest BCUT2D eigenvalue weighted by Crippen LogP contribution is 2.23. The molecule has 7 heteroatoms. The Morgan fingerprint density at radius 1 is 1.64 bits per heavy atom. The highest BCUT2D eigenvalue weighted by molar-refractivity contribution is 6.67. The molecule has 0 aliphatic heterocycles. The summed E-state index contributed by atoms with van der Waals surface area (Å²) in [4.78, 5) is 3.22. The second kappa shape index (κ2) is 4.00. The van der Waals surface area contributed by atoms with Crippen molar-refractivity contribution in [3.05, 3.63) is 12.3 Å². The Balaban J connectivity index is 2.97. The number of hydrogen-bond donors (Lipinski definition) is 0. The highest BCUT2D eigenvalue weighted by atomic mass is 35.5. The van der Waals surface area contributed by atoms with Gasteiger partial charge in [-0.05, 0) is 6.92 Å². The van der Waals surface area contributed by atoms with E-state index in [0.717, 1.165) is 0 Å². The summed E-state index contributed by atoms with van der Waals surface area (Å²) >= 11 is 4.96. The first-order valence-corrected chi connectivity index (χ1v) is 4.16. The average molecular weight is 226 g/mol. The zero-order valence-electron chi connectivity index (χ0n) is 7.22. The third-order valence-electron chi connectivity index (χ3n) is 1.44. The van der Waals surface area contributed by atoms with E-state index in [0.29, 0.717) is 6.54 Å². The highest BCUT2D eigenvalue weighted by Gasteiger charge is 2.34. The molecule has 1 aromatic rings. The van der Waals surface area contributed by atoms with Gasteiger partial charge >= 0.3 is 6.18 Å². The molecule has 0 atom stereocenters. The molecule has 0 saturated heterocycles. The van der Waals surface area contributed by atoms with E-state index < -0.39 is 11.3 Å². The molecule has 0 unspecified atom stereocenters. The first-order chi connectivity index (χ1) is 6.45. The topological polar surface area (TPSA) is 30.2 Å². The summed E-state index contributed by atoms with van der Waals surface area (Å²) in [5, 5.41) is 2.36. The lowest BCUT2D eigenvalue weighted by Gasteiger charge is -2.03. The predicted octanol–water partition coefficient (Wildman–Crippen LogP) is 2.73. The van der Waals surface area contributed by atoms with Crippen LogP contribution in [-0.2, 0) is 6.54 Å². The van der Waals surface area contributed by atoms with Crippen LogP contribution in [0.25, 0.3) is 0 Å². The van der Waals surface area contributed by atoms with E-state index >= 15 is 0 Å². The number of aryl methyl sites for hydroxylation is 1. The van der Waals surface area contributed by atoms with E-state index in [4.69, 9.17) is 11.6 Å². The Bertz CT molecular complexity index is 342. The van der Waals surface area contributed by atoms with E-state index in [1.165, 1.54) is 16.9 Å². The summed E-state index contributed by atoms with van der Waals surface area (Å²) in [5.74, 6) is 0.0924. The number of rotatable bonds is 2. The summed E-state index contributed by atoms with van der Waals surface area (Å²) in [7, 11) is 0. The minimum absolute atomic E-state index is 0.0924. The van der Waals surface area contributed by atoms with Crippen molar-refractivity contribution in [2.24, 2.45) is 4.99 Å². The van der Waals surface area contributed by atoms with Crippen molar-refractivity contribution >= 4 is 22.6 Å². The van der Waals surface area contributed by atoms with Gasteiger partial charge in [-0.25, -0.2) is 9.67 Å². The van der Waals surface area contributed by atoms with Crippen molar-refractivity contribution in [3.63, 3.8) is 0 Å². The summed E-state index contributed by atoms with van der Waals surface area (Å²) in [6.45, 7) is 2.18. The van der Waals surface area contributed by atoms with Gasteiger partial charge in [-0.3, -0.25) is 0 Å². The number of nitrogens with zero attached hydrogens (tertiary/aromatic N) is 3. The number of aliphatic imine (C=N–C) groups is 1. The molecule has 0 aromatic carbocycles. The van der Waals surface area contributed by atoms with Crippen LogP contribution < -0.4 is 0 Å². The summed E-state index contributed by atoms with van der Waals surface area (Å²) in [6, 6.07) is 1.36. The second-order valence-electron chi connectivity index (χ2n) is 2.41. The first-order valence-electron chi connectivity index (χ1n) is 3.78. The fourth-order valence-corrected chi connectivity index (χ4v) is 0.915. The first kappa shape index (κ1) is 11.0. The fourth-order valence-electron chi connectivity index (χ4n) is 0.828. The number of aromatic nitrogens is 2. The Hall–Kier alpha value is -1.04.